The summed E-state index contributed by atoms with van der Waals surface area (Å²) < 4.78 is 5.26. The standard InChI is InChI=1S/C13H19N3O3S/c1-13(16-18,12(17)15-2)11(14)8-5-6-10(20-4)9(7-8)19-3/h5-7,14,16,18H,1-4H3,(H,15,17). The summed E-state index contributed by atoms with van der Waals surface area (Å²) >= 11 is 1.52. The van der Waals surface area contributed by atoms with Crippen LogP contribution in [0.25, 0.3) is 0 Å². The van der Waals surface area contributed by atoms with Crippen LogP contribution in [-0.4, -0.2) is 42.8 Å². The monoisotopic (exact) mass is 297 g/mol. The van der Waals surface area contributed by atoms with Crippen molar-refractivity contribution in [3.63, 3.8) is 0 Å². The number of nitrogens with one attached hydrogen (secondary N) is 3. The van der Waals surface area contributed by atoms with Crippen LogP contribution in [0.3, 0.4) is 0 Å². The van der Waals surface area contributed by atoms with Crippen LogP contribution in [0.5, 0.6) is 5.75 Å². The Labute approximate surface area is 122 Å². The van der Waals surface area contributed by atoms with E-state index in [4.69, 9.17) is 10.1 Å². The molecule has 0 bridgehead atoms. The van der Waals surface area contributed by atoms with Gasteiger partial charge in [-0.2, -0.15) is 5.48 Å². The predicted octanol–water partition coefficient (Wildman–Crippen LogP) is 1.27. The van der Waals surface area contributed by atoms with E-state index < -0.39 is 11.4 Å². The van der Waals surface area contributed by atoms with Crippen LogP contribution in [0.15, 0.2) is 23.1 Å². The Kier molecular flexibility index (Phi) is 5.55. The molecule has 110 valence electrons. The summed E-state index contributed by atoms with van der Waals surface area (Å²) in [7, 11) is 2.99. The third-order valence-electron chi connectivity index (χ3n) is 3.08. The van der Waals surface area contributed by atoms with E-state index in [0.717, 1.165) is 4.90 Å². The predicted molar refractivity (Wildman–Crippen MR) is 79.0 cm³/mol. The third kappa shape index (κ3) is 2.95. The molecule has 4 N–H and O–H groups in total. The highest BCUT2D eigenvalue weighted by atomic mass is 32.2. The zero-order valence-electron chi connectivity index (χ0n) is 11.9. The minimum Gasteiger partial charge on any atom is -0.496 e. The van der Waals surface area contributed by atoms with E-state index in [0.29, 0.717) is 11.3 Å². The van der Waals surface area contributed by atoms with Gasteiger partial charge < -0.3 is 20.7 Å². The van der Waals surface area contributed by atoms with Gasteiger partial charge in [-0.1, -0.05) is 6.07 Å². The summed E-state index contributed by atoms with van der Waals surface area (Å²) in [6.45, 7) is 1.43. The smallest absolute Gasteiger partial charge is 0.248 e. The van der Waals surface area contributed by atoms with E-state index in [2.05, 4.69) is 5.32 Å². The molecule has 20 heavy (non-hydrogen) atoms. The average Bonchev–Trinajstić information content (AvgIpc) is 2.51. The van der Waals surface area contributed by atoms with Gasteiger partial charge in [-0.25, -0.2) is 0 Å². The number of hydroxylamine groups is 1. The molecule has 0 aliphatic heterocycles. The Balaban J connectivity index is 3.23. The quantitative estimate of drug-likeness (QED) is 0.360. The first-order valence-electron chi connectivity index (χ1n) is 5.89. The van der Waals surface area contributed by atoms with Crippen molar-refractivity contribution < 1.29 is 14.7 Å². The molecule has 0 saturated heterocycles. The van der Waals surface area contributed by atoms with Crippen LogP contribution >= 0.6 is 11.8 Å². The Morgan fingerprint density at radius 3 is 2.60 bits per heavy atom. The molecule has 0 spiro atoms. The average molecular weight is 297 g/mol. The molecule has 1 aromatic carbocycles. The zero-order chi connectivity index (χ0) is 15.3. The Hall–Kier alpha value is -1.57. The molecule has 0 aliphatic carbocycles. The van der Waals surface area contributed by atoms with E-state index in [1.54, 1.807) is 19.2 Å². The molecule has 0 fully saturated rings. The number of carbonyl (C=O) groups is 1. The van der Waals surface area contributed by atoms with E-state index in [9.17, 15) is 10.0 Å². The van der Waals surface area contributed by atoms with Crippen LogP contribution < -0.4 is 15.5 Å². The van der Waals surface area contributed by atoms with Crippen LogP contribution in [0, 0.1) is 5.41 Å². The highest BCUT2D eigenvalue weighted by Crippen LogP contribution is 2.29. The lowest BCUT2D eigenvalue weighted by Gasteiger charge is -2.27. The van der Waals surface area contributed by atoms with Crippen molar-refractivity contribution in [1.29, 1.82) is 5.41 Å². The second kappa shape index (κ2) is 6.74. The maximum Gasteiger partial charge on any atom is 0.248 e. The van der Waals surface area contributed by atoms with Crippen LogP contribution in [0.2, 0.25) is 0 Å². The molecular weight excluding hydrogens is 278 g/mol. The van der Waals surface area contributed by atoms with Crippen molar-refractivity contribution in [2.24, 2.45) is 0 Å². The van der Waals surface area contributed by atoms with Crippen LogP contribution in [0.4, 0.5) is 0 Å². The van der Waals surface area contributed by atoms with Crippen LogP contribution in [-0.2, 0) is 4.79 Å². The first-order valence-corrected chi connectivity index (χ1v) is 7.12. The number of methoxy groups -OCH3 is 1. The number of ether oxygens (including phenoxy) is 1. The number of hydrogen-bond donors (Lipinski definition) is 4. The van der Waals surface area contributed by atoms with Crippen molar-refractivity contribution in [2.45, 2.75) is 17.4 Å². The van der Waals surface area contributed by atoms with Gasteiger partial charge in [0.25, 0.3) is 0 Å². The zero-order valence-corrected chi connectivity index (χ0v) is 12.7. The molecule has 1 aromatic rings. The lowest BCUT2D eigenvalue weighted by Crippen LogP contribution is -2.58. The first kappa shape index (κ1) is 16.5. The van der Waals surface area contributed by atoms with Crippen molar-refractivity contribution >= 4 is 23.4 Å². The number of hydrogen-bond acceptors (Lipinski definition) is 6. The summed E-state index contributed by atoms with van der Waals surface area (Å²) in [5, 5.41) is 19.9. The normalized spacial score (nSPS) is 13.4. The van der Waals surface area contributed by atoms with Gasteiger partial charge in [-0.15, -0.1) is 11.8 Å². The molecular formula is C13H19N3O3S. The summed E-state index contributed by atoms with van der Waals surface area (Å²) in [6.07, 6.45) is 1.92. The minimum atomic E-state index is -1.53. The summed E-state index contributed by atoms with van der Waals surface area (Å²) in [4.78, 5) is 12.8. The summed E-state index contributed by atoms with van der Waals surface area (Å²) in [5.74, 6) is 0.120. The van der Waals surface area contributed by atoms with Crippen LogP contribution in [0.1, 0.15) is 12.5 Å². The molecule has 0 radical (unpaired) electrons. The SMILES string of the molecule is CNC(=O)C(C)(NO)C(=N)c1ccc(SC)c(OC)c1. The number of thioether (sulfide) groups is 1. The molecule has 7 heteroatoms. The molecule has 0 saturated carbocycles. The van der Waals surface area contributed by atoms with Crippen molar-refractivity contribution in [3.05, 3.63) is 23.8 Å². The van der Waals surface area contributed by atoms with E-state index in [1.165, 1.54) is 25.7 Å². The van der Waals surface area contributed by atoms with Crippen molar-refractivity contribution in [1.82, 2.24) is 10.8 Å². The van der Waals surface area contributed by atoms with Gasteiger partial charge in [-0.3, -0.25) is 4.79 Å². The fourth-order valence-corrected chi connectivity index (χ4v) is 2.30. The summed E-state index contributed by atoms with van der Waals surface area (Å²) in [6, 6.07) is 5.21. The fraction of sp³-hybridized carbons (Fsp3) is 0.385. The maximum absolute atomic E-state index is 11.8. The van der Waals surface area contributed by atoms with Gasteiger partial charge in [-0.05, 0) is 25.3 Å². The topological polar surface area (TPSA) is 94.4 Å². The lowest BCUT2D eigenvalue weighted by atomic mass is 9.90. The number of likely N-dealkylation sites (N-methyl/N-ethyl adjacent to an activating group) is 1. The lowest BCUT2D eigenvalue weighted by molar-refractivity contribution is -0.127. The van der Waals surface area contributed by atoms with Gasteiger partial charge >= 0.3 is 0 Å². The largest absolute Gasteiger partial charge is 0.496 e. The Morgan fingerprint density at radius 1 is 1.50 bits per heavy atom. The van der Waals surface area contributed by atoms with E-state index in [1.807, 2.05) is 17.8 Å². The molecule has 1 rings (SSSR count). The van der Waals surface area contributed by atoms with Crippen molar-refractivity contribution in [3.8, 4) is 5.75 Å². The molecule has 1 atom stereocenters. The molecule has 0 aliphatic rings. The number of amides is 1. The second-order valence-electron chi connectivity index (χ2n) is 4.26. The van der Waals surface area contributed by atoms with Gasteiger partial charge in [0, 0.05) is 17.5 Å². The Bertz CT molecular complexity index is 522. The number of rotatable bonds is 6. The molecule has 1 amide bonds. The third-order valence-corrected chi connectivity index (χ3v) is 3.85. The van der Waals surface area contributed by atoms with E-state index >= 15 is 0 Å². The molecule has 0 heterocycles. The highest BCUT2D eigenvalue weighted by molar-refractivity contribution is 7.98. The fourth-order valence-electron chi connectivity index (χ4n) is 1.75. The number of benzene rings is 1. The van der Waals surface area contributed by atoms with Gasteiger partial charge in [0.15, 0.2) is 5.54 Å². The van der Waals surface area contributed by atoms with Gasteiger partial charge in [0.05, 0.1) is 12.8 Å². The molecule has 1 unspecified atom stereocenters. The molecule has 6 nitrogen and oxygen atoms in total. The first-order chi connectivity index (χ1) is 9.44. The van der Waals surface area contributed by atoms with Gasteiger partial charge in [0.2, 0.25) is 5.91 Å². The maximum atomic E-state index is 11.8. The second-order valence-corrected chi connectivity index (χ2v) is 5.11. The van der Waals surface area contributed by atoms with Gasteiger partial charge in [0.1, 0.15) is 5.75 Å². The van der Waals surface area contributed by atoms with Crippen molar-refractivity contribution in [2.75, 3.05) is 20.4 Å². The highest BCUT2D eigenvalue weighted by Gasteiger charge is 2.37. The van der Waals surface area contributed by atoms with E-state index in [-0.39, 0.29) is 5.71 Å². The minimum absolute atomic E-state index is 0.0506. The number of carbonyl (C=O) groups excluding carboxylic acids is 1. The molecule has 0 aromatic heterocycles. The Morgan fingerprint density at radius 2 is 2.15 bits per heavy atom. The summed E-state index contributed by atoms with van der Waals surface area (Å²) in [5.41, 5.74) is 0.826.